The van der Waals surface area contributed by atoms with E-state index in [2.05, 4.69) is 46.2 Å². The number of benzene rings is 2. The number of aromatic nitrogens is 2. The third-order valence-corrected chi connectivity index (χ3v) is 4.13. The molecule has 28 heavy (non-hydrogen) atoms. The minimum absolute atomic E-state index is 0.0588. The molecule has 1 aromatic heterocycles. The van der Waals surface area contributed by atoms with Gasteiger partial charge in [-0.1, -0.05) is 31.1 Å². The zero-order chi connectivity index (χ0) is 20.1. The number of ether oxygens (including phenoxy) is 2. The summed E-state index contributed by atoms with van der Waals surface area (Å²) in [6.07, 6.45) is 0. The molecule has 0 spiro atoms. The minimum Gasteiger partial charge on any atom is -0.493 e. The van der Waals surface area contributed by atoms with Crippen molar-refractivity contribution in [1.29, 1.82) is 0 Å². The molecule has 0 aliphatic heterocycles. The van der Waals surface area contributed by atoms with Crippen LogP contribution in [0.15, 0.2) is 47.0 Å². The third kappa shape index (κ3) is 4.76. The average molecular weight is 389 g/mol. The molecule has 3 rings (SSSR count). The molecule has 0 radical (unpaired) electrons. The largest absolute Gasteiger partial charge is 0.493 e. The molecule has 0 aliphatic carbocycles. The van der Waals surface area contributed by atoms with Gasteiger partial charge < -0.3 is 19.3 Å². The van der Waals surface area contributed by atoms with Gasteiger partial charge in [-0.25, -0.2) is 0 Å². The summed E-state index contributed by atoms with van der Waals surface area (Å²) >= 11 is 0. The molecule has 1 N–H and O–H groups in total. The summed E-state index contributed by atoms with van der Waals surface area (Å²) in [7, 11) is 1.37. The highest BCUT2D eigenvalue weighted by molar-refractivity contribution is 5.60. The second-order valence-corrected chi connectivity index (χ2v) is 6.39. The maximum Gasteiger partial charge on any atom is 0.387 e. The van der Waals surface area contributed by atoms with Crippen molar-refractivity contribution in [3.63, 3.8) is 0 Å². The molecular weight excluding hydrogens is 368 g/mol. The molecule has 0 unspecified atom stereocenters. The molecule has 0 bridgehead atoms. The maximum atomic E-state index is 12.4. The van der Waals surface area contributed by atoms with Gasteiger partial charge >= 0.3 is 6.61 Å². The van der Waals surface area contributed by atoms with E-state index in [4.69, 9.17) is 9.26 Å². The van der Waals surface area contributed by atoms with Gasteiger partial charge in [0.25, 0.3) is 0 Å². The molecule has 0 saturated carbocycles. The van der Waals surface area contributed by atoms with Crippen molar-refractivity contribution < 1.29 is 22.8 Å². The lowest BCUT2D eigenvalue weighted by Crippen LogP contribution is -2.03. The molecule has 0 fully saturated rings. The molecule has 8 heteroatoms. The lowest BCUT2D eigenvalue weighted by atomic mass is 10.0. The molecule has 6 nitrogen and oxygen atoms in total. The molecular formula is C20H21F2N3O3. The van der Waals surface area contributed by atoms with Crippen LogP contribution in [0, 0.1) is 0 Å². The highest BCUT2D eigenvalue weighted by atomic mass is 19.3. The van der Waals surface area contributed by atoms with Crippen molar-refractivity contribution in [2.24, 2.45) is 0 Å². The summed E-state index contributed by atoms with van der Waals surface area (Å²) in [5.41, 5.74) is 2.77. The second kappa shape index (κ2) is 8.69. The van der Waals surface area contributed by atoms with Crippen LogP contribution >= 0.6 is 0 Å². The van der Waals surface area contributed by atoms with Crippen LogP contribution in [0.1, 0.15) is 31.2 Å². The van der Waals surface area contributed by atoms with Crippen molar-refractivity contribution in [3.05, 3.63) is 53.9 Å². The standard InChI is InChI=1S/C20H21F2N3O3/c1-12(2)13-4-7-15(8-5-13)23-11-18-24-19(25-28-18)14-6-9-16(27-20(21)22)17(10-14)26-3/h4-10,12,20,23H,11H2,1-3H3. The van der Waals surface area contributed by atoms with E-state index in [1.807, 2.05) is 12.1 Å². The summed E-state index contributed by atoms with van der Waals surface area (Å²) in [5.74, 6) is 1.30. The summed E-state index contributed by atoms with van der Waals surface area (Å²) in [5, 5.41) is 7.15. The van der Waals surface area contributed by atoms with Gasteiger partial charge in [0.1, 0.15) is 0 Å². The van der Waals surface area contributed by atoms with Crippen LogP contribution in [0.25, 0.3) is 11.4 Å². The van der Waals surface area contributed by atoms with Crippen LogP contribution in [0.3, 0.4) is 0 Å². The van der Waals surface area contributed by atoms with Gasteiger partial charge in [-0.15, -0.1) is 0 Å². The van der Waals surface area contributed by atoms with Crippen LogP contribution in [0.5, 0.6) is 11.5 Å². The van der Waals surface area contributed by atoms with E-state index in [0.29, 0.717) is 29.7 Å². The fourth-order valence-corrected chi connectivity index (χ4v) is 2.61. The molecule has 0 atom stereocenters. The van der Waals surface area contributed by atoms with Crippen molar-refractivity contribution in [2.45, 2.75) is 32.9 Å². The van der Waals surface area contributed by atoms with Gasteiger partial charge in [0.15, 0.2) is 11.5 Å². The van der Waals surface area contributed by atoms with Gasteiger partial charge in [0.05, 0.1) is 13.7 Å². The number of hydrogen-bond acceptors (Lipinski definition) is 6. The van der Waals surface area contributed by atoms with Gasteiger partial charge in [0.2, 0.25) is 11.7 Å². The summed E-state index contributed by atoms with van der Waals surface area (Å²) in [6, 6.07) is 12.6. The van der Waals surface area contributed by atoms with Gasteiger partial charge in [-0.2, -0.15) is 13.8 Å². The number of methoxy groups -OCH3 is 1. The van der Waals surface area contributed by atoms with E-state index in [-0.39, 0.29) is 11.5 Å². The smallest absolute Gasteiger partial charge is 0.387 e. The predicted molar refractivity (Wildman–Crippen MR) is 101 cm³/mol. The Morgan fingerprint density at radius 1 is 1.07 bits per heavy atom. The summed E-state index contributed by atoms with van der Waals surface area (Å²) < 4.78 is 39.6. The first kappa shape index (κ1) is 19.6. The first-order valence-electron chi connectivity index (χ1n) is 8.76. The zero-order valence-electron chi connectivity index (χ0n) is 15.8. The fourth-order valence-electron chi connectivity index (χ4n) is 2.61. The van der Waals surface area contributed by atoms with Crippen LogP contribution in [-0.2, 0) is 6.54 Å². The third-order valence-electron chi connectivity index (χ3n) is 4.13. The lowest BCUT2D eigenvalue weighted by molar-refractivity contribution is -0.0512. The Hall–Kier alpha value is -3.16. The number of rotatable bonds is 8. The van der Waals surface area contributed by atoms with Crippen LogP contribution in [-0.4, -0.2) is 23.9 Å². The first-order chi connectivity index (χ1) is 13.5. The Balaban J connectivity index is 1.68. The topological polar surface area (TPSA) is 69.4 Å². The van der Waals surface area contributed by atoms with E-state index in [9.17, 15) is 8.78 Å². The average Bonchev–Trinajstić information content (AvgIpc) is 3.15. The number of anilines is 1. The Kier molecular flexibility index (Phi) is 6.08. The number of alkyl halides is 2. The van der Waals surface area contributed by atoms with Crippen molar-refractivity contribution >= 4 is 5.69 Å². The van der Waals surface area contributed by atoms with Crippen LogP contribution in [0.4, 0.5) is 14.5 Å². The normalized spacial score (nSPS) is 11.1. The summed E-state index contributed by atoms with van der Waals surface area (Å²) in [6.45, 7) is 1.71. The fraction of sp³-hybridized carbons (Fsp3) is 0.300. The molecule has 3 aromatic rings. The van der Waals surface area contributed by atoms with E-state index in [1.54, 1.807) is 6.07 Å². The molecule has 0 amide bonds. The minimum atomic E-state index is -2.93. The van der Waals surface area contributed by atoms with Crippen molar-refractivity contribution in [1.82, 2.24) is 10.1 Å². The maximum absolute atomic E-state index is 12.4. The van der Waals surface area contributed by atoms with Gasteiger partial charge in [-0.05, 0) is 41.8 Å². The SMILES string of the molecule is COc1cc(-c2noc(CNc3ccc(C(C)C)cc3)n2)ccc1OC(F)F. The van der Waals surface area contributed by atoms with E-state index < -0.39 is 6.61 Å². The highest BCUT2D eigenvalue weighted by Crippen LogP contribution is 2.32. The quantitative estimate of drug-likeness (QED) is 0.579. The predicted octanol–water partition coefficient (Wildman–Crippen LogP) is 5.08. The number of nitrogens with zero attached hydrogens (tertiary/aromatic N) is 2. The zero-order valence-corrected chi connectivity index (χ0v) is 15.8. The molecule has 0 saturated heterocycles. The van der Waals surface area contributed by atoms with E-state index >= 15 is 0 Å². The Morgan fingerprint density at radius 2 is 1.82 bits per heavy atom. The van der Waals surface area contributed by atoms with E-state index in [0.717, 1.165) is 5.69 Å². The summed E-state index contributed by atoms with van der Waals surface area (Å²) in [4.78, 5) is 4.32. The first-order valence-corrected chi connectivity index (χ1v) is 8.76. The molecule has 148 valence electrons. The Labute approximate surface area is 161 Å². The van der Waals surface area contributed by atoms with Gasteiger partial charge in [-0.3, -0.25) is 0 Å². The number of halogens is 2. The molecule has 0 aliphatic rings. The number of nitrogens with one attached hydrogen (secondary N) is 1. The van der Waals surface area contributed by atoms with Gasteiger partial charge in [0, 0.05) is 11.3 Å². The van der Waals surface area contributed by atoms with Crippen LogP contribution in [0.2, 0.25) is 0 Å². The highest BCUT2D eigenvalue weighted by Gasteiger charge is 2.15. The Bertz CT molecular complexity index is 911. The second-order valence-electron chi connectivity index (χ2n) is 6.39. The number of hydrogen-bond donors (Lipinski definition) is 1. The molecule has 2 aromatic carbocycles. The molecule has 1 heterocycles. The van der Waals surface area contributed by atoms with Crippen LogP contribution < -0.4 is 14.8 Å². The van der Waals surface area contributed by atoms with Crippen molar-refractivity contribution in [3.8, 4) is 22.9 Å². The van der Waals surface area contributed by atoms with Crippen molar-refractivity contribution in [2.75, 3.05) is 12.4 Å². The lowest BCUT2D eigenvalue weighted by Gasteiger charge is -2.10. The Morgan fingerprint density at radius 3 is 2.46 bits per heavy atom. The monoisotopic (exact) mass is 389 g/mol. The van der Waals surface area contributed by atoms with E-state index in [1.165, 1.54) is 24.8 Å².